The lowest BCUT2D eigenvalue weighted by Crippen LogP contribution is -2.37. The van der Waals surface area contributed by atoms with Gasteiger partial charge >= 0.3 is 5.97 Å². The Balaban J connectivity index is 1.42. The van der Waals surface area contributed by atoms with Crippen molar-refractivity contribution in [1.29, 1.82) is 0 Å². The highest BCUT2D eigenvalue weighted by atomic mass is 16.5. The van der Waals surface area contributed by atoms with Gasteiger partial charge in [0.05, 0.1) is 11.8 Å². The molecule has 2 bridgehead atoms. The average Bonchev–Trinajstić information content (AvgIpc) is 3.25. The van der Waals surface area contributed by atoms with Crippen molar-refractivity contribution >= 4 is 17.6 Å². The summed E-state index contributed by atoms with van der Waals surface area (Å²) in [6, 6.07) is 16.6. The van der Waals surface area contributed by atoms with E-state index in [1.807, 2.05) is 30.3 Å². The number of para-hydroxylation sites is 1. The van der Waals surface area contributed by atoms with Crippen molar-refractivity contribution in [3.8, 4) is 11.5 Å². The molecule has 2 saturated carbocycles. The third-order valence-corrected chi connectivity index (χ3v) is 5.61. The van der Waals surface area contributed by atoms with Crippen molar-refractivity contribution in [3.05, 3.63) is 54.6 Å². The highest BCUT2D eigenvalue weighted by molar-refractivity contribution is 5.96. The largest absolute Gasteiger partial charge is 0.481 e. The molecule has 0 spiro atoms. The summed E-state index contributed by atoms with van der Waals surface area (Å²) in [5, 5.41) is 12.4. The summed E-state index contributed by atoms with van der Waals surface area (Å²) >= 11 is 0. The average molecular weight is 351 g/mol. The second-order valence-electron chi connectivity index (χ2n) is 7.15. The number of ether oxygens (including phenoxy) is 1. The van der Waals surface area contributed by atoms with E-state index in [0.29, 0.717) is 11.4 Å². The highest BCUT2D eigenvalue weighted by Gasteiger charge is 2.53. The van der Waals surface area contributed by atoms with Gasteiger partial charge < -0.3 is 15.2 Å². The van der Waals surface area contributed by atoms with E-state index in [9.17, 15) is 14.7 Å². The SMILES string of the molecule is O=C(O)[C@H]1[C@@H]2CC[C@@H](C2)[C@@H]1C(=O)Nc1ccc(Oc2ccccc2)cc1. The molecule has 26 heavy (non-hydrogen) atoms. The number of hydrogen-bond donors (Lipinski definition) is 2. The van der Waals surface area contributed by atoms with Crippen molar-refractivity contribution in [2.24, 2.45) is 23.7 Å². The molecule has 2 aromatic rings. The second-order valence-corrected chi connectivity index (χ2v) is 7.15. The summed E-state index contributed by atoms with van der Waals surface area (Å²) < 4.78 is 5.74. The fourth-order valence-corrected chi connectivity index (χ4v) is 4.48. The summed E-state index contributed by atoms with van der Waals surface area (Å²) in [4.78, 5) is 24.3. The molecule has 0 saturated heterocycles. The van der Waals surface area contributed by atoms with Gasteiger partial charge in [-0.15, -0.1) is 0 Å². The number of aliphatic carboxylic acids is 1. The van der Waals surface area contributed by atoms with Gasteiger partial charge in [0.2, 0.25) is 5.91 Å². The van der Waals surface area contributed by atoms with Crippen LogP contribution in [0.1, 0.15) is 19.3 Å². The zero-order valence-corrected chi connectivity index (χ0v) is 14.3. The van der Waals surface area contributed by atoms with Crippen LogP contribution in [0.3, 0.4) is 0 Å². The molecule has 0 aliphatic heterocycles. The van der Waals surface area contributed by atoms with E-state index in [2.05, 4.69) is 5.32 Å². The maximum atomic E-state index is 12.7. The number of rotatable bonds is 5. The first-order chi connectivity index (χ1) is 12.6. The number of fused-ring (bicyclic) bond motifs is 2. The zero-order valence-electron chi connectivity index (χ0n) is 14.3. The fourth-order valence-electron chi connectivity index (χ4n) is 4.48. The smallest absolute Gasteiger partial charge is 0.307 e. The molecule has 0 heterocycles. The van der Waals surface area contributed by atoms with Gasteiger partial charge in [0, 0.05) is 5.69 Å². The molecule has 4 rings (SSSR count). The minimum absolute atomic E-state index is 0.148. The first kappa shape index (κ1) is 16.6. The normalized spacial score (nSPS) is 26.5. The van der Waals surface area contributed by atoms with Crippen LogP contribution in [0, 0.1) is 23.7 Å². The van der Waals surface area contributed by atoms with Crippen LogP contribution in [-0.2, 0) is 9.59 Å². The number of carbonyl (C=O) groups is 2. The van der Waals surface area contributed by atoms with Crippen LogP contribution in [0.25, 0.3) is 0 Å². The van der Waals surface area contributed by atoms with Gasteiger partial charge in [-0.3, -0.25) is 9.59 Å². The standard InChI is InChI=1S/C21H21NO4/c23-20(18-13-6-7-14(12-13)19(18)21(24)25)22-15-8-10-17(11-9-15)26-16-4-2-1-3-5-16/h1-5,8-11,13-14,18-19H,6-7,12H2,(H,22,23)(H,24,25)/t13-,14+,18-,19-/m0/s1. The van der Waals surface area contributed by atoms with Gasteiger partial charge in [0.1, 0.15) is 11.5 Å². The van der Waals surface area contributed by atoms with Crippen LogP contribution in [-0.4, -0.2) is 17.0 Å². The van der Waals surface area contributed by atoms with E-state index in [0.717, 1.165) is 25.0 Å². The molecule has 134 valence electrons. The van der Waals surface area contributed by atoms with Crippen LogP contribution in [0.5, 0.6) is 11.5 Å². The summed E-state index contributed by atoms with van der Waals surface area (Å²) in [6.45, 7) is 0. The minimum atomic E-state index is -0.844. The van der Waals surface area contributed by atoms with Crippen LogP contribution in [0.4, 0.5) is 5.69 Å². The molecule has 1 amide bonds. The molecule has 4 atom stereocenters. The van der Waals surface area contributed by atoms with Gasteiger partial charge in [0.25, 0.3) is 0 Å². The summed E-state index contributed by atoms with van der Waals surface area (Å²) in [6.07, 6.45) is 2.74. The first-order valence-electron chi connectivity index (χ1n) is 8.98. The van der Waals surface area contributed by atoms with Crippen LogP contribution >= 0.6 is 0 Å². The molecule has 0 aromatic heterocycles. The molecule has 2 aliphatic rings. The number of benzene rings is 2. The monoisotopic (exact) mass is 351 g/mol. The number of amides is 1. The quantitative estimate of drug-likeness (QED) is 0.848. The maximum absolute atomic E-state index is 12.7. The molecule has 2 aromatic carbocycles. The van der Waals surface area contributed by atoms with Crippen LogP contribution in [0.15, 0.2) is 54.6 Å². The predicted molar refractivity (Wildman–Crippen MR) is 97.0 cm³/mol. The topological polar surface area (TPSA) is 75.6 Å². The number of carbonyl (C=O) groups excluding carboxylic acids is 1. The summed E-state index contributed by atoms with van der Waals surface area (Å²) in [5.74, 6) is -0.226. The number of carboxylic acids is 1. The lowest BCUT2D eigenvalue weighted by molar-refractivity contribution is -0.148. The molecular weight excluding hydrogens is 330 g/mol. The lowest BCUT2D eigenvalue weighted by atomic mass is 9.78. The van der Waals surface area contributed by atoms with Crippen molar-refractivity contribution in [3.63, 3.8) is 0 Å². The Bertz CT molecular complexity index is 803. The molecule has 2 N–H and O–H groups in total. The summed E-state index contributed by atoms with van der Waals surface area (Å²) in [7, 11) is 0. The number of nitrogens with one attached hydrogen (secondary N) is 1. The van der Waals surface area contributed by atoms with Gasteiger partial charge in [-0.05, 0) is 67.5 Å². The van der Waals surface area contributed by atoms with E-state index >= 15 is 0 Å². The molecule has 0 radical (unpaired) electrons. The third kappa shape index (κ3) is 3.17. The number of carboxylic acid groups (broad SMARTS) is 1. The van der Waals surface area contributed by atoms with Gasteiger partial charge in [-0.25, -0.2) is 0 Å². The predicted octanol–water partition coefficient (Wildman–Crippen LogP) is 4.16. The first-order valence-corrected chi connectivity index (χ1v) is 8.98. The van der Waals surface area contributed by atoms with E-state index in [-0.39, 0.29) is 17.7 Å². The highest BCUT2D eigenvalue weighted by Crippen LogP contribution is 2.52. The minimum Gasteiger partial charge on any atom is -0.481 e. The van der Waals surface area contributed by atoms with E-state index in [4.69, 9.17) is 4.74 Å². The number of hydrogen-bond acceptors (Lipinski definition) is 3. The van der Waals surface area contributed by atoms with Gasteiger partial charge in [0.15, 0.2) is 0 Å². The van der Waals surface area contributed by atoms with E-state index < -0.39 is 17.8 Å². The Kier molecular flexibility index (Phi) is 4.37. The Morgan fingerprint density at radius 1 is 0.885 bits per heavy atom. The Morgan fingerprint density at radius 2 is 1.50 bits per heavy atom. The van der Waals surface area contributed by atoms with Gasteiger partial charge in [-0.2, -0.15) is 0 Å². The molecule has 2 fully saturated rings. The van der Waals surface area contributed by atoms with Crippen molar-refractivity contribution in [1.82, 2.24) is 0 Å². The van der Waals surface area contributed by atoms with Crippen molar-refractivity contribution in [2.45, 2.75) is 19.3 Å². The Hall–Kier alpha value is -2.82. The molecule has 5 heteroatoms. The Morgan fingerprint density at radius 3 is 2.15 bits per heavy atom. The fraction of sp³-hybridized carbons (Fsp3) is 0.333. The second kappa shape index (κ2) is 6.83. The molecule has 2 aliphatic carbocycles. The van der Waals surface area contributed by atoms with Crippen LogP contribution < -0.4 is 10.1 Å². The van der Waals surface area contributed by atoms with Gasteiger partial charge in [-0.1, -0.05) is 18.2 Å². The number of anilines is 1. The maximum Gasteiger partial charge on any atom is 0.307 e. The third-order valence-electron chi connectivity index (χ3n) is 5.61. The zero-order chi connectivity index (χ0) is 18.1. The Labute approximate surface area is 152 Å². The molecule has 5 nitrogen and oxygen atoms in total. The molecule has 0 unspecified atom stereocenters. The van der Waals surface area contributed by atoms with E-state index in [1.54, 1.807) is 24.3 Å². The van der Waals surface area contributed by atoms with Crippen LogP contribution in [0.2, 0.25) is 0 Å². The van der Waals surface area contributed by atoms with Crippen molar-refractivity contribution < 1.29 is 19.4 Å². The van der Waals surface area contributed by atoms with Crippen molar-refractivity contribution in [2.75, 3.05) is 5.32 Å². The summed E-state index contributed by atoms with van der Waals surface area (Å²) in [5.41, 5.74) is 0.655. The molecular formula is C21H21NO4. The van der Waals surface area contributed by atoms with E-state index in [1.165, 1.54) is 0 Å². The lowest BCUT2D eigenvalue weighted by Gasteiger charge is -2.27.